The monoisotopic (exact) mass is 456 g/mol. The predicted octanol–water partition coefficient (Wildman–Crippen LogP) is 4.84. The second kappa shape index (κ2) is 9.61. The number of benzene rings is 2. The maximum Gasteiger partial charge on any atom is 0.346 e. The van der Waals surface area contributed by atoms with Crippen molar-refractivity contribution in [2.24, 2.45) is 5.92 Å². The molecular weight excluding hydrogens is 424 g/mol. The summed E-state index contributed by atoms with van der Waals surface area (Å²) in [6.45, 7) is 6.36. The van der Waals surface area contributed by atoms with Crippen LogP contribution in [0.3, 0.4) is 0 Å². The van der Waals surface area contributed by atoms with Crippen LogP contribution < -0.4 is 9.47 Å². The smallest absolute Gasteiger partial charge is 0.346 e. The van der Waals surface area contributed by atoms with E-state index in [1.165, 1.54) is 7.11 Å². The van der Waals surface area contributed by atoms with E-state index in [0.717, 1.165) is 24.8 Å². The molecule has 2 aromatic rings. The first kappa shape index (κ1) is 23.4. The summed E-state index contributed by atoms with van der Waals surface area (Å²) in [6.07, 6.45) is 1.93. The fourth-order valence-corrected chi connectivity index (χ4v) is 4.79. The molecule has 0 spiro atoms. The van der Waals surface area contributed by atoms with Crippen molar-refractivity contribution in [3.05, 3.63) is 46.5 Å². The first-order chi connectivity index (χ1) is 15.8. The van der Waals surface area contributed by atoms with E-state index in [4.69, 9.17) is 18.9 Å². The largest absolute Gasteiger partial charge is 0.504 e. The van der Waals surface area contributed by atoms with Crippen molar-refractivity contribution in [3.63, 3.8) is 0 Å². The third-order valence-electron chi connectivity index (χ3n) is 6.45. The molecule has 178 valence electrons. The van der Waals surface area contributed by atoms with Crippen LogP contribution in [0.25, 0.3) is 0 Å². The van der Waals surface area contributed by atoms with Crippen LogP contribution in [0.5, 0.6) is 23.0 Å². The van der Waals surface area contributed by atoms with Gasteiger partial charge in [-0.1, -0.05) is 19.9 Å². The number of ether oxygens (including phenoxy) is 4. The van der Waals surface area contributed by atoms with E-state index in [2.05, 4.69) is 0 Å². The lowest BCUT2D eigenvalue weighted by Crippen LogP contribution is -2.37. The zero-order valence-electron chi connectivity index (χ0n) is 19.6. The number of hydrogen-bond acceptors (Lipinski definition) is 7. The van der Waals surface area contributed by atoms with Crippen molar-refractivity contribution >= 4 is 5.97 Å². The van der Waals surface area contributed by atoms with Gasteiger partial charge in [-0.15, -0.1) is 0 Å². The Bertz CT molecular complexity index is 1020. The first-order valence-corrected chi connectivity index (χ1v) is 11.5. The number of esters is 1. The van der Waals surface area contributed by atoms with Gasteiger partial charge >= 0.3 is 5.97 Å². The van der Waals surface area contributed by atoms with Crippen LogP contribution in [0.2, 0.25) is 0 Å². The zero-order valence-corrected chi connectivity index (χ0v) is 19.6. The lowest BCUT2D eigenvalue weighted by Gasteiger charge is -2.36. The molecule has 0 bridgehead atoms. The number of phenols is 1. The number of carbonyl (C=O) groups excluding carboxylic acids is 1. The number of cyclic esters (lactones) is 1. The van der Waals surface area contributed by atoms with Gasteiger partial charge in [0.15, 0.2) is 11.5 Å². The van der Waals surface area contributed by atoms with Gasteiger partial charge < -0.3 is 29.2 Å². The highest BCUT2D eigenvalue weighted by molar-refractivity contribution is 5.96. The highest BCUT2D eigenvalue weighted by Crippen LogP contribution is 2.46. The molecule has 0 radical (unpaired) electrons. The number of fused-ring (bicyclic) bond motifs is 2. The quantitative estimate of drug-likeness (QED) is 0.622. The van der Waals surface area contributed by atoms with Gasteiger partial charge in [0.1, 0.15) is 23.7 Å². The van der Waals surface area contributed by atoms with Gasteiger partial charge in [-0.05, 0) is 55.9 Å². The van der Waals surface area contributed by atoms with Gasteiger partial charge in [0.05, 0.1) is 19.3 Å². The molecule has 33 heavy (non-hydrogen) atoms. The fourth-order valence-electron chi connectivity index (χ4n) is 4.79. The second-order valence-corrected chi connectivity index (χ2v) is 9.18. The van der Waals surface area contributed by atoms with Gasteiger partial charge in [0.2, 0.25) is 0 Å². The number of hydrogen-bond donors (Lipinski definition) is 2. The van der Waals surface area contributed by atoms with Gasteiger partial charge in [0.25, 0.3) is 0 Å². The molecule has 7 nitrogen and oxygen atoms in total. The number of aryl methyl sites for hydroxylation is 1. The molecule has 3 unspecified atom stereocenters. The van der Waals surface area contributed by atoms with E-state index >= 15 is 0 Å². The molecule has 0 aromatic heterocycles. The Morgan fingerprint density at radius 2 is 1.97 bits per heavy atom. The summed E-state index contributed by atoms with van der Waals surface area (Å²) in [4.78, 5) is 13.1. The minimum atomic E-state index is -0.696. The maximum absolute atomic E-state index is 13.1. The molecule has 2 heterocycles. The second-order valence-electron chi connectivity index (χ2n) is 9.18. The van der Waals surface area contributed by atoms with Crippen LogP contribution in [-0.4, -0.2) is 42.1 Å². The average Bonchev–Trinajstić information content (AvgIpc) is 2.79. The molecule has 2 N–H and O–H groups in total. The van der Waals surface area contributed by atoms with Crippen molar-refractivity contribution in [3.8, 4) is 23.0 Å². The lowest BCUT2D eigenvalue weighted by molar-refractivity contribution is -0.0435. The topological polar surface area (TPSA) is 94.5 Å². The molecule has 2 aliphatic heterocycles. The summed E-state index contributed by atoms with van der Waals surface area (Å²) in [5, 5.41) is 21.6. The number of aliphatic hydroxyl groups excluding tert-OH is 1. The zero-order chi connectivity index (χ0) is 23.7. The molecule has 2 aromatic carbocycles. The van der Waals surface area contributed by atoms with E-state index in [1.54, 1.807) is 12.1 Å². The minimum Gasteiger partial charge on any atom is -0.504 e. The number of aromatic hydroxyl groups is 1. The first-order valence-electron chi connectivity index (χ1n) is 11.5. The molecule has 1 saturated heterocycles. The highest BCUT2D eigenvalue weighted by atomic mass is 16.5. The summed E-state index contributed by atoms with van der Waals surface area (Å²) >= 11 is 0. The van der Waals surface area contributed by atoms with Gasteiger partial charge in [-0.3, -0.25) is 0 Å². The summed E-state index contributed by atoms with van der Waals surface area (Å²) < 4.78 is 23.4. The maximum atomic E-state index is 13.1. The van der Waals surface area contributed by atoms with Crippen LogP contribution >= 0.6 is 0 Å². The third-order valence-corrected chi connectivity index (χ3v) is 6.45. The van der Waals surface area contributed by atoms with E-state index in [0.29, 0.717) is 23.5 Å². The third kappa shape index (κ3) is 4.52. The lowest BCUT2D eigenvalue weighted by atomic mass is 9.79. The van der Waals surface area contributed by atoms with Crippen LogP contribution in [0.15, 0.2) is 24.3 Å². The van der Waals surface area contributed by atoms with Crippen molar-refractivity contribution in [1.29, 1.82) is 0 Å². The Morgan fingerprint density at radius 1 is 1.18 bits per heavy atom. The van der Waals surface area contributed by atoms with Crippen LogP contribution in [-0.2, 0) is 16.1 Å². The Kier molecular flexibility index (Phi) is 6.81. The number of carbonyl (C=O) groups is 1. The summed E-state index contributed by atoms with van der Waals surface area (Å²) in [5.41, 5.74) is 2.23. The summed E-state index contributed by atoms with van der Waals surface area (Å²) in [6, 6.07) is 6.90. The Balaban J connectivity index is 1.85. The molecule has 0 saturated carbocycles. The number of rotatable bonds is 5. The number of phenolic OH excluding ortho intramolecular Hbond substituents is 1. The van der Waals surface area contributed by atoms with Gasteiger partial charge in [-0.25, -0.2) is 4.79 Å². The fraction of sp³-hybridized carbons (Fsp3) is 0.500. The Labute approximate surface area is 194 Å². The van der Waals surface area contributed by atoms with Crippen molar-refractivity contribution < 1.29 is 34.0 Å². The number of methoxy groups -OCH3 is 1. The van der Waals surface area contributed by atoms with E-state index < -0.39 is 12.1 Å². The minimum absolute atomic E-state index is 0.0255. The van der Waals surface area contributed by atoms with Crippen molar-refractivity contribution in [1.82, 2.24) is 0 Å². The molecular formula is C26H32O7. The van der Waals surface area contributed by atoms with E-state index in [1.807, 2.05) is 32.9 Å². The molecule has 3 atom stereocenters. The van der Waals surface area contributed by atoms with Crippen LogP contribution in [0.4, 0.5) is 0 Å². The summed E-state index contributed by atoms with van der Waals surface area (Å²) in [5.74, 6) is -0.249. The van der Waals surface area contributed by atoms with Crippen LogP contribution in [0.1, 0.15) is 66.1 Å². The van der Waals surface area contributed by atoms with Crippen molar-refractivity contribution in [2.45, 2.75) is 64.8 Å². The molecule has 0 aliphatic carbocycles. The number of aliphatic hydroxyl groups is 1. The Morgan fingerprint density at radius 3 is 2.64 bits per heavy atom. The Hall–Kier alpha value is -2.77. The normalized spacial score (nSPS) is 19.9. The highest BCUT2D eigenvalue weighted by Gasteiger charge is 2.38. The molecule has 1 fully saturated rings. The van der Waals surface area contributed by atoms with Gasteiger partial charge in [-0.2, -0.15) is 0 Å². The average molecular weight is 457 g/mol. The van der Waals surface area contributed by atoms with Crippen molar-refractivity contribution in [2.75, 3.05) is 13.7 Å². The SMILES string of the molecule is COc1c(C(C2CCCCO2)C(O)C(C)C)ccc2c1C(=O)OCc1cc(C)cc(O)c1O2. The molecule has 7 heteroatoms. The summed E-state index contributed by atoms with van der Waals surface area (Å²) in [7, 11) is 1.49. The van der Waals surface area contributed by atoms with E-state index in [-0.39, 0.29) is 47.4 Å². The molecule has 2 aliphatic rings. The predicted molar refractivity (Wildman–Crippen MR) is 122 cm³/mol. The standard InChI is InChI=1S/C26H32O7/c1-14(2)23(28)21(19-7-5-6-10-31-19)17-8-9-20-22(25(17)30-4)26(29)32-13-16-11-15(3)12-18(27)24(16)33-20/h8-9,11-12,14,19,21,23,27-28H,5-7,10,13H2,1-4H3. The van der Waals surface area contributed by atoms with Crippen LogP contribution in [0, 0.1) is 12.8 Å². The van der Waals surface area contributed by atoms with Gasteiger partial charge in [0, 0.05) is 23.7 Å². The molecule has 0 amide bonds. The van der Waals surface area contributed by atoms with E-state index in [9.17, 15) is 15.0 Å². The molecule has 4 rings (SSSR count).